The van der Waals surface area contributed by atoms with Gasteiger partial charge >= 0.3 is 0 Å². The van der Waals surface area contributed by atoms with Gasteiger partial charge in [0.1, 0.15) is 11.3 Å². The highest BCUT2D eigenvalue weighted by Gasteiger charge is 2.19. The van der Waals surface area contributed by atoms with Gasteiger partial charge in [-0.15, -0.1) is 5.10 Å². The van der Waals surface area contributed by atoms with Crippen LogP contribution in [0.1, 0.15) is 36.5 Å². The molecule has 0 amide bonds. The molecule has 35 heavy (non-hydrogen) atoms. The molecule has 180 valence electrons. The van der Waals surface area contributed by atoms with Gasteiger partial charge < -0.3 is 14.5 Å². The Morgan fingerprint density at radius 1 is 0.829 bits per heavy atom. The standard InChI is InChI=1S/C28H31N5O2/c1-2-3-6-21-35-25-15-13-24(14-16-25)32-19-17-31(18-20-32)23-11-9-22(10-12-23)28(34)33-27-8-5-4-7-26(27)29-30-33/h4-5,7-16H,2-3,6,17-21H2,1H3. The molecule has 1 aromatic heterocycles. The van der Waals surface area contributed by atoms with Crippen molar-refractivity contribution in [1.29, 1.82) is 0 Å². The molecule has 7 heteroatoms. The molecule has 7 nitrogen and oxygen atoms in total. The van der Waals surface area contributed by atoms with Gasteiger partial charge in [-0.05, 0) is 67.1 Å². The number of unbranched alkanes of at least 4 members (excludes halogenated alkanes) is 2. The van der Waals surface area contributed by atoms with Crippen LogP contribution in [0.15, 0.2) is 72.8 Å². The van der Waals surface area contributed by atoms with Crippen LogP contribution in [0.5, 0.6) is 5.75 Å². The molecule has 1 aliphatic heterocycles. The smallest absolute Gasteiger partial charge is 0.280 e. The van der Waals surface area contributed by atoms with Crippen molar-refractivity contribution in [3.8, 4) is 5.75 Å². The summed E-state index contributed by atoms with van der Waals surface area (Å²) in [7, 11) is 0. The van der Waals surface area contributed by atoms with E-state index in [1.807, 2.05) is 48.5 Å². The van der Waals surface area contributed by atoms with E-state index in [2.05, 4.69) is 51.3 Å². The molecule has 0 N–H and O–H groups in total. The second-order valence-corrected chi connectivity index (χ2v) is 8.87. The number of ether oxygens (including phenoxy) is 1. The molecule has 0 saturated carbocycles. The number of piperazine rings is 1. The predicted molar refractivity (Wildman–Crippen MR) is 140 cm³/mol. The first-order chi connectivity index (χ1) is 17.2. The van der Waals surface area contributed by atoms with Gasteiger partial charge in [-0.1, -0.05) is 37.1 Å². The molecule has 0 bridgehead atoms. The number of benzene rings is 3. The maximum Gasteiger partial charge on any atom is 0.280 e. The maximum absolute atomic E-state index is 13.0. The first-order valence-electron chi connectivity index (χ1n) is 12.4. The third kappa shape index (κ3) is 5.14. The first kappa shape index (κ1) is 22.9. The van der Waals surface area contributed by atoms with Crippen molar-refractivity contribution in [3.05, 3.63) is 78.4 Å². The van der Waals surface area contributed by atoms with Crippen molar-refractivity contribution in [2.24, 2.45) is 0 Å². The fourth-order valence-corrected chi connectivity index (χ4v) is 4.47. The molecule has 0 unspecified atom stereocenters. The van der Waals surface area contributed by atoms with Crippen LogP contribution in [0, 0.1) is 0 Å². The van der Waals surface area contributed by atoms with Crippen LogP contribution in [0.2, 0.25) is 0 Å². The molecule has 3 aromatic carbocycles. The summed E-state index contributed by atoms with van der Waals surface area (Å²) in [4.78, 5) is 17.7. The van der Waals surface area contributed by atoms with E-state index in [9.17, 15) is 4.79 Å². The van der Waals surface area contributed by atoms with E-state index in [0.717, 1.165) is 50.6 Å². The number of carbonyl (C=O) groups excluding carboxylic acids is 1. The van der Waals surface area contributed by atoms with Crippen molar-refractivity contribution in [2.75, 3.05) is 42.6 Å². The number of hydrogen-bond donors (Lipinski definition) is 0. The molecule has 4 aromatic rings. The number of anilines is 2. The highest BCUT2D eigenvalue weighted by atomic mass is 16.5. The second kappa shape index (κ2) is 10.6. The Labute approximate surface area is 205 Å². The minimum Gasteiger partial charge on any atom is -0.494 e. The van der Waals surface area contributed by atoms with Crippen LogP contribution in [-0.2, 0) is 0 Å². The van der Waals surface area contributed by atoms with Gasteiger partial charge in [0, 0.05) is 43.1 Å². The topological polar surface area (TPSA) is 63.5 Å². The third-order valence-electron chi connectivity index (χ3n) is 6.52. The Morgan fingerprint density at radius 2 is 1.46 bits per heavy atom. The van der Waals surface area contributed by atoms with E-state index in [0.29, 0.717) is 16.6 Å². The van der Waals surface area contributed by atoms with Crippen LogP contribution in [-0.4, -0.2) is 53.7 Å². The molecular formula is C28H31N5O2. The van der Waals surface area contributed by atoms with E-state index in [-0.39, 0.29) is 5.91 Å². The highest BCUT2D eigenvalue weighted by Crippen LogP contribution is 2.24. The summed E-state index contributed by atoms with van der Waals surface area (Å²) >= 11 is 0. The summed E-state index contributed by atoms with van der Waals surface area (Å²) in [5, 5.41) is 8.13. The third-order valence-corrected chi connectivity index (χ3v) is 6.52. The summed E-state index contributed by atoms with van der Waals surface area (Å²) in [6.45, 7) is 6.73. The monoisotopic (exact) mass is 469 g/mol. The Balaban J connectivity index is 1.17. The average Bonchev–Trinajstić information content (AvgIpc) is 3.36. The van der Waals surface area contributed by atoms with Gasteiger partial charge in [-0.25, -0.2) is 0 Å². The van der Waals surface area contributed by atoms with Gasteiger partial charge in [0.15, 0.2) is 0 Å². The Hall–Kier alpha value is -3.87. The molecule has 1 saturated heterocycles. The number of rotatable bonds is 8. The van der Waals surface area contributed by atoms with Crippen molar-refractivity contribution >= 4 is 28.3 Å². The zero-order valence-electron chi connectivity index (χ0n) is 20.1. The van der Waals surface area contributed by atoms with E-state index < -0.39 is 0 Å². The lowest BCUT2D eigenvalue weighted by Gasteiger charge is -2.37. The largest absolute Gasteiger partial charge is 0.494 e. The summed E-state index contributed by atoms with van der Waals surface area (Å²) in [6, 6.07) is 23.7. The maximum atomic E-state index is 13.0. The average molecular weight is 470 g/mol. The van der Waals surface area contributed by atoms with Crippen LogP contribution >= 0.6 is 0 Å². The minimum absolute atomic E-state index is 0.173. The van der Waals surface area contributed by atoms with Gasteiger partial charge in [0.25, 0.3) is 5.91 Å². The SMILES string of the molecule is CCCCCOc1ccc(N2CCN(c3ccc(C(=O)n4nnc5ccccc54)cc3)CC2)cc1. The summed E-state index contributed by atoms with van der Waals surface area (Å²) in [5.74, 6) is 0.768. The normalized spacial score (nSPS) is 13.9. The lowest BCUT2D eigenvalue weighted by Crippen LogP contribution is -2.46. The number of nitrogens with zero attached hydrogens (tertiary/aromatic N) is 5. The van der Waals surface area contributed by atoms with Crippen LogP contribution in [0.25, 0.3) is 11.0 Å². The van der Waals surface area contributed by atoms with Gasteiger partial charge in [0.2, 0.25) is 0 Å². The number of carbonyl (C=O) groups is 1. The number of para-hydroxylation sites is 1. The van der Waals surface area contributed by atoms with Crippen LogP contribution in [0.4, 0.5) is 11.4 Å². The van der Waals surface area contributed by atoms with Gasteiger partial charge in [-0.2, -0.15) is 4.68 Å². The number of fused-ring (bicyclic) bond motifs is 1. The second-order valence-electron chi connectivity index (χ2n) is 8.87. The van der Waals surface area contributed by atoms with E-state index in [4.69, 9.17) is 4.74 Å². The number of hydrogen-bond acceptors (Lipinski definition) is 6. The zero-order chi connectivity index (χ0) is 24.0. The van der Waals surface area contributed by atoms with Crippen molar-refractivity contribution in [1.82, 2.24) is 15.0 Å². The Bertz CT molecular complexity index is 1260. The highest BCUT2D eigenvalue weighted by molar-refractivity contribution is 6.00. The van der Waals surface area contributed by atoms with Crippen LogP contribution < -0.4 is 14.5 Å². The molecule has 0 radical (unpaired) electrons. The Kier molecular flexibility index (Phi) is 6.93. The van der Waals surface area contributed by atoms with E-state index in [1.165, 1.54) is 23.2 Å². The molecule has 1 fully saturated rings. The fraction of sp³-hybridized carbons (Fsp3) is 0.321. The summed E-state index contributed by atoms with van der Waals surface area (Å²) in [6.07, 6.45) is 3.52. The van der Waals surface area contributed by atoms with Crippen molar-refractivity contribution < 1.29 is 9.53 Å². The van der Waals surface area contributed by atoms with Gasteiger partial charge in [-0.3, -0.25) is 4.79 Å². The van der Waals surface area contributed by atoms with Crippen molar-refractivity contribution in [2.45, 2.75) is 26.2 Å². The molecule has 0 spiro atoms. The zero-order valence-corrected chi connectivity index (χ0v) is 20.1. The molecule has 5 rings (SSSR count). The molecule has 1 aliphatic rings. The lowest BCUT2D eigenvalue weighted by atomic mass is 10.1. The predicted octanol–water partition coefficient (Wildman–Crippen LogP) is 5.02. The number of aromatic nitrogens is 3. The van der Waals surface area contributed by atoms with Crippen LogP contribution in [0.3, 0.4) is 0 Å². The quantitative estimate of drug-likeness (QED) is 0.338. The minimum atomic E-state index is -0.173. The molecule has 0 atom stereocenters. The first-order valence-corrected chi connectivity index (χ1v) is 12.4. The van der Waals surface area contributed by atoms with E-state index >= 15 is 0 Å². The molecule has 0 aliphatic carbocycles. The van der Waals surface area contributed by atoms with Gasteiger partial charge in [0.05, 0.1) is 12.1 Å². The Morgan fingerprint density at radius 3 is 2.11 bits per heavy atom. The van der Waals surface area contributed by atoms with Crippen molar-refractivity contribution in [3.63, 3.8) is 0 Å². The lowest BCUT2D eigenvalue weighted by molar-refractivity contribution is 0.0948. The fourth-order valence-electron chi connectivity index (χ4n) is 4.47. The summed E-state index contributed by atoms with van der Waals surface area (Å²) in [5.41, 5.74) is 4.38. The summed E-state index contributed by atoms with van der Waals surface area (Å²) < 4.78 is 7.20. The molecular weight excluding hydrogens is 438 g/mol. The van der Waals surface area contributed by atoms with E-state index in [1.54, 1.807) is 0 Å². The molecule has 2 heterocycles.